The maximum absolute atomic E-state index is 12.4. The molecule has 0 spiro atoms. The van der Waals surface area contributed by atoms with Crippen molar-refractivity contribution in [2.24, 2.45) is 0 Å². The minimum Gasteiger partial charge on any atom is -0.504 e. The van der Waals surface area contributed by atoms with Crippen LogP contribution in [-0.4, -0.2) is 37.3 Å². The normalized spacial score (nSPS) is 11.3. The van der Waals surface area contributed by atoms with Crippen molar-refractivity contribution in [3.63, 3.8) is 0 Å². The molecule has 0 saturated carbocycles. The predicted molar refractivity (Wildman–Crippen MR) is 111 cm³/mol. The number of aromatic amines is 1. The van der Waals surface area contributed by atoms with Crippen LogP contribution in [0.3, 0.4) is 0 Å². The first kappa shape index (κ1) is 18.7. The summed E-state index contributed by atoms with van der Waals surface area (Å²) in [5.74, 6) is 0.657. The van der Waals surface area contributed by atoms with Gasteiger partial charge in [0.05, 0.1) is 22.9 Å². The molecule has 0 unspecified atom stereocenters. The van der Waals surface area contributed by atoms with Crippen molar-refractivity contribution in [1.82, 2.24) is 25.1 Å². The molecule has 0 aliphatic rings. The van der Waals surface area contributed by atoms with Gasteiger partial charge in [0.15, 0.2) is 11.4 Å². The molecule has 0 aliphatic heterocycles. The SMILES string of the molecule is CC(C)c1ccc(-n2cc(O)c(C(=O)NCCc3nc4ccccc4[nH]3)n2)cc1. The molecule has 4 aromatic rings. The van der Waals surface area contributed by atoms with Gasteiger partial charge < -0.3 is 15.4 Å². The summed E-state index contributed by atoms with van der Waals surface area (Å²) in [4.78, 5) is 20.2. The zero-order valence-corrected chi connectivity index (χ0v) is 16.4. The van der Waals surface area contributed by atoms with Crippen LogP contribution in [0.15, 0.2) is 54.7 Å². The van der Waals surface area contributed by atoms with Gasteiger partial charge in [-0.2, -0.15) is 5.10 Å². The van der Waals surface area contributed by atoms with Crippen LogP contribution in [0.1, 0.15) is 41.6 Å². The third-order valence-electron chi connectivity index (χ3n) is 4.82. The smallest absolute Gasteiger partial charge is 0.275 e. The lowest BCUT2D eigenvalue weighted by molar-refractivity contribution is 0.0946. The predicted octanol–water partition coefficient (Wildman–Crippen LogP) is 3.55. The van der Waals surface area contributed by atoms with Gasteiger partial charge in [-0.3, -0.25) is 4.79 Å². The van der Waals surface area contributed by atoms with E-state index in [9.17, 15) is 9.90 Å². The second-order valence-corrected chi connectivity index (χ2v) is 7.26. The summed E-state index contributed by atoms with van der Waals surface area (Å²) in [5, 5.41) is 17.2. The van der Waals surface area contributed by atoms with Crippen molar-refractivity contribution in [3.8, 4) is 11.4 Å². The Bertz CT molecular complexity index is 1110. The number of carbonyl (C=O) groups is 1. The Morgan fingerprint density at radius 3 is 2.66 bits per heavy atom. The number of amides is 1. The lowest BCUT2D eigenvalue weighted by Gasteiger charge is -2.06. The molecule has 2 aromatic carbocycles. The van der Waals surface area contributed by atoms with Gasteiger partial charge in [-0.25, -0.2) is 9.67 Å². The topological polar surface area (TPSA) is 95.8 Å². The Labute approximate surface area is 168 Å². The van der Waals surface area contributed by atoms with E-state index in [4.69, 9.17) is 0 Å². The van der Waals surface area contributed by atoms with Crippen LogP contribution in [0.2, 0.25) is 0 Å². The van der Waals surface area contributed by atoms with Crippen LogP contribution in [0, 0.1) is 0 Å². The van der Waals surface area contributed by atoms with E-state index < -0.39 is 5.91 Å². The summed E-state index contributed by atoms with van der Waals surface area (Å²) in [6.07, 6.45) is 2.00. The van der Waals surface area contributed by atoms with Gasteiger partial charge in [-0.1, -0.05) is 38.1 Å². The highest BCUT2D eigenvalue weighted by Crippen LogP contribution is 2.20. The van der Waals surface area contributed by atoms with Crippen LogP contribution in [0.25, 0.3) is 16.7 Å². The molecular formula is C22H23N5O2. The molecule has 0 bridgehead atoms. The van der Waals surface area contributed by atoms with Crippen LogP contribution >= 0.6 is 0 Å². The molecule has 0 fully saturated rings. The third kappa shape index (κ3) is 3.99. The lowest BCUT2D eigenvalue weighted by atomic mass is 10.0. The summed E-state index contributed by atoms with van der Waals surface area (Å²) in [6.45, 7) is 4.64. The van der Waals surface area contributed by atoms with Gasteiger partial charge in [0.1, 0.15) is 5.82 Å². The van der Waals surface area contributed by atoms with Crippen molar-refractivity contribution in [2.75, 3.05) is 6.54 Å². The minimum atomic E-state index is -0.420. The van der Waals surface area contributed by atoms with Crippen molar-refractivity contribution >= 4 is 16.9 Å². The highest BCUT2D eigenvalue weighted by atomic mass is 16.3. The largest absolute Gasteiger partial charge is 0.504 e. The second kappa shape index (κ2) is 7.79. The number of nitrogens with zero attached hydrogens (tertiary/aromatic N) is 3. The Hall–Kier alpha value is -3.61. The number of H-pyrrole nitrogens is 1. The summed E-state index contributed by atoms with van der Waals surface area (Å²) in [7, 11) is 0. The third-order valence-corrected chi connectivity index (χ3v) is 4.82. The quantitative estimate of drug-likeness (QED) is 0.470. The molecule has 3 N–H and O–H groups in total. The Morgan fingerprint density at radius 2 is 1.93 bits per heavy atom. The number of nitrogens with one attached hydrogen (secondary N) is 2. The number of carbonyl (C=O) groups excluding carboxylic acids is 1. The first-order chi connectivity index (χ1) is 14.0. The molecule has 0 radical (unpaired) electrons. The Balaban J connectivity index is 1.40. The van der Waals surface area contributed by atoms with E-state index >= 15 is 0 Å². The van der Waals surface area contributed by atoms with E-state index in [1.807, 2.05) is 48.5 Å². The average molecular weight is 389 g/mol. The lowest BCUT2D eigenvalue weighted by Crippen LogP contribution is -2.26. The fraction of sp³-hybridized carbons (Fsp3) is 0.227. The number of fused-ring (bicyclic) bond motifs is 1. The number of imidazole rings is 1. The van der Waals surface area contributed by atoms with E-state index in [0.29, 0.717) is 18.9 Å². The Morgan fingerprint density at radius 1 is 1.17 bits per heavy atom. The summed E-state index contributed by atoms with van der Waals surface area (Å²) >= 11 is 0. The molecule has 0 atom stereocenters. The maximum atomic E-state index is 12.4. The minimum absolute atomic E-state index is 0.00235. The number of hydrogen-bond donors (Lipinski definition) is 3. The molecule has 29 heavy (non-hydrogen) atoms. The molecule has 7 heteroatoms. The summed E-state index contributed by atoms with van der Waals surface area (Å²) in [6, 6.07) is 15.7. The monoisotopic (exact) mass is 389 g/mol. The summed E-state index contributed by atoms with van der Waals surface area (Å²) < 4.78 is 1.51. The second-order valence-electron chi connectivity index (χ2n) is 7.26. The molecule has 2 aromatic heterocycles. The van der Waals surface area contributed by atoms with Gasteiger partial charge in [-0.15, -0.1) is 0 Å². The van der Waals surface area contributed by atoms with E-state index in [2.05, 4.69) is 34.2 Å². The van der Waals surface area contributed by atoms with Gasteiger partial charge >= 0.3 is 0 Å². The molecule has 4 rings (SSSR count). The van der Waals surface area contributed by atoms with E-state index in [1.54, 1.807) is 0 Å². The van der Waals surface area contributed by atoms with Crippen LogP contribution in [0.5, 0.6) is 5.75 Å². The number of rotatable bonds is 6. The van der Waals surface area contributed by atoms with Crippen LogP contribution in [0.4, 0.5) is 0 Å². The zero-order valence-electron chi connectivity index (χ0n) is 16.4. The molecular weight excluding hydrogens is 366 g/mol. The molecule has 1 amide bonds. The maximum Gasteiger partial charge on any atom is 0.275 e. The van der Waals surface area contributed by atoms with E-state index in [-0.39, 0.29) is 11.4 Å². The first-order valence-corrected chi connectivity index (χ1v) is 9.62. The fourth-order valence-electron chi connectivity index (χ4n) is 3.17. The average Bonchev–Trinajstić information content (AvgIpc) is 3.31. The number of benzene rings is 2. The molecule has 148 valence electrons. The van der Waals surface area contributed by atoms with E-state index in [0.717, 1.165) is 22.5 Å². The fourth-order valence-corrected chi connectivity index (χ4v) is 3.17. The van der Waals surface area contributed by atoms with Crippen LogP contribution < -0.4 is 5.32 Å². The number of aromatic hydroxyl groups is 1. The standard InChI is InChI=1S/C22H23N5O2/c1-14(2)15-7-9-16(10-8-15)27-13-19(28)21(26-27)22(29)23-12-11-20-24-17-5-3-4-6-18(17)25-20/h3-10,13-14,28H,11-12H2,1-2H3,(H,23,29)(H,24,25). The zero-order chi connectivity index (χ0) is 20.4. The van der Waals surface area contributed by atoms with Gasteiger partial charge in [0.2, 0.25) is 0 Å². The number of para-hydroxylation sites is 2. The summed E-state index contributed by atoms with van der Waals surface area (Å²) in [5.41, 5.74) is 3.87. The highest BCUT2D eigenvalue weighted by molar-refractivity contribution is 5.94. The first-order valence-electron chi connectivity index (χ1n) is 9.62. The molecule has 7 nitrogen and oxygen atoms in total. The van der Waals surface area contributed by atoms with E-state index in [1.165, 1.54) is 16.4 Å². The Kier molecular flexibility index (Phi) is 5.03. The van der Waals surface area contributed by atoms with Gasteiger partial charge in [0.25, 0.3) is 5.91 Å². The van der Waals surface area contributed by atoms with Crippen molar-refractivity contribution in [1.29, 1.82) is 0 Å². The highest BCUT2D eigenvalue weighted by Gasteiger charge is 2.17. The van der Waals surface area contributed by atoms with Crippen molar-refractivity contribution in [2.45, 2.75) is 26.2 Å². The van der Waals surface area contributed by atoms with Crippen molar-refractivity contribution < 1.29 is 9.90 Å². The molecule has 2 heterocycles. The van der Waals surface area contributed by atoms with Crippen molar-refractivity contribution in [3.05, 3.63) is 71.8 Å². The molecule has 0 saturated heterocycles. The van der Waals surface area contributed by atoms with Gasteiger partial charge in [-0.05, 0) is 35.7 Å². The molecule has 0 aliphatic carbocycles. The number of hydrogen-bond acceptors (Lipinski definition) is 4. The van der Waals surface area contributed by atoms with Gasteiger partial charge in [0, 0.05) is 13.0 Å². The number of aromatic nitrogens is 4. The van der Waals surface area contributed by atoms with Crippen LogP contribution in [-0.2, 0) is 6.42 Å².